The first kappa shape index (κ1) is 13.1. The Hall–Kier alpha value is 0.0700. The number of hydrogen-bond donors (Lipinski definition) is 1. The Morgan fingerprint density at radius 2 is 1.60 bits per heavy atom. The second kappa shape index (κ2) is 5.41. The molecule has 1 heterocycles. The minimum Gasteiger partial charge on any atom is -0.314 e. The molecule has 0 aromatic heterocycles. The van der Waals surface area contributed by atoms with Crippen LogP contribution in [0.15, 0.2) is 0 Å². The molecule has 0 spiro atoms. The molecule has 1 saturated carbocycles. The van der Waals surface area contributed by atoms with Crippen LogP contribution in [-0.4, -0.2) is 43.0 Å². The summed E-state index contributed by atoms with van der Waals surface area (Å²) in [4.78, 5) is 2.37. The Balaban J connectivity index is 0.00000112. The van der Waals surface area contributed by atoms with Gasteiger partial charge in [0.15, 0.2) is 0 Å². The van der Waals surface area contributed by atoms with E-state index in [1.165, 1.54) is 0 Å². The third kappa shape index (κ3) is 3.54. The molecule has 2 fully saturated rings. The van der Waals surface area contributed by atoms with E-state index in [0.29, 0.717) is 18.9 Å². The van der Waals surface area contributed by atoms with Crippen LogP contribution >= 0.6 is 12.4 Å². The van der Waals surface area contributed by atoms with Gasteiger partial charge in [-0.15, -0.1) is 12.4 Å². The molecule has 2 rings (SSSR count). The SMILES string of the molecule is Cl.FC1(F)CCC(N2CCNCC2)CC1. The highest BCUT2D eigenvalue weighted by molar-refractivity contribution is 5.85. The van der Waals surface area contributed by atoms with Crippen LogP contribution in [-0.2, 0) is 0 Å². The first-order valence-corrected chi connectivity index (χ1v) is 5.50. The van der Waals surface area contributed by atoms with Crippen molar-refractivity contribution >= 4 is 12.4 Å². The van der Waals surface area contributed by atoms with Crippen LogP contribution in [0.1, 0.15) is 25.7 Å². The van der Waals surface area contributed by atoms with E-state index in [4.69, 9.17) is 0 Å². The molecular weight excluding hydrogens is 222 g/mol. The van der Waals surface area contributed by atoms with E-state index in [1.807, 2.05) is 0 Å². The van der Waals surface area contributed by atoms with E-state index in [-0.39, 0.29) is 25.2 Å². The minimum atomic E-state index is -2.38. The molecule has 1 aliphatic heterocycles. The van der Waals surface area contributed by atoms with Crippen molar-refractivity contribution in [2.75, 3.05) is 26.2 Å². The lowest BCUT2D eigenvalue weighted by Crippen LogP contribution is -2.50. The maximum atomic E-state index is 12.9. The van der Waals surface area contributed by atoms with Crippen molar-refractivity contribution in [2.45, 2.75) is 37.6 Å². The first-order valence-electron chi connectivity index (χ1n) is 5.50. The fourth-order valence-corrected chi connectivity index (χ4v) is 2.44. The summed E-state index contributed by atoms with van der Waals surface area (Å²) in [5.41, 5.74) is 0. The van der Waals surface area contributed by atoms with Gasteiger partial charge >= 0.3 is 0 Å². The van der Waals surface area contributed by atoms with Gasteiger partial charge in [-0.25, -0.2) is 8.78 Å². The van der Waals surface area contributed by atoms with E-state index in [9.17, 15) is 8.78 Å². The van der Waals surface area contributed by atoms with E-state index in [2.05, 4.69) is 10.2 Å². The number of piperazine rings is 1. The first-order chi connectivity index (χ1) is 6.67. The van der Waals surface area contributed by atoms with Crippen LogP contribution in [0.3, 0.4) is 0 Å². The highest BCUT2D eigenvalue weighted by Crippen LogP contribution is 2.34. The molecule has 0 aromatic rings. The topological polar surface area (TPSA) is 15.3 Å². The Bertz CT molecular complexity index is 186. The number of hydrogen-bond acceptors (Lipinski definition) is 2. The fourth-order valence-electron chi connectivity index (χ4n) is 2.44. The summed E-state index contributed by atoms with van der Waals surface area (Å²) < 4.78 is 25.8. The zero-order chi connectivity index (χ0) is 10.0. The number of alkyl halides is 2. The number of nitrogens with zero attached hydrogens (tertiary/aromatic N) is 1. The second-order valence-corrected chi connectivity index (χ2v) is 4.37. The van der Waals surface area contributed by atoms with E-state index < -0.39 is 5.92 Å². The Morgan fingerprint density at radius 3 is 2.13 bits per heavy atom. The van der Waals surface area contributed by atoms with Crippen LogP contribution in [0.5, 0.6) is 0 Å². The maximum Gasteiger partial charge on any atom is 0.248 e. The molecule has 5 heteroatoms. The van der Waals surface area contributed by atoms with Crippen molar-refractivity contribution in [3.63, 3.8) is 0 Å². The van der Waals surface area contributed by atoms with Crippen molar-refractivity contribution in [1.82, 2.24) is 10.2 Å². The Morgan fingerprint density at radius 1 is 1.07 bits per heavy atom. The lowest BCUT2D eigenvalue weighted by molar-refractivity contribution is -0.0546. The Kier molecular flexibility index (Phi) is 4.74. The third-order valence-electron chi connectivity index (χ3n) is 3.35. The van der Waals surface area contributed by atoms with Crippen LogP contribution < -0.4 is 5.32 Å². The van der Waals surface area contributed by atoms with Crippen LogP contribution in [0.2, 0.25) is 0 Å². The molecule has 15 heavy (non-hydrogen) atoms. The van der Waals surface area contributed by atoms with Crippen molar-refractivity contribution in [1.29, 1.82) is 0 Å². The average Bonchev–Trinajstić information content (AvgIpc) is 2.19. The lowest BCUT2D eigenvalue weighted by Gasteiger charge is -2.38. The summed E-state index contributed by atoms with van der Waals surface area (Å²) in [7, 11) is 0. The number of nitrogens with one attached hydrogen (secondary N) is 1. The quantitative estimate of drug-likeness (QED) is 0.753. The molecule has 0 atom stereocenters. The molecule has 0 amide bonds. The van der Waals surface area contributed by atoms with Crippen LogP contribution in [0, 0.1) is 0 Å². The van der Waals surface area contributed by atoms with Crippen molar-refractivity contribution in [3.8, 4) is 0 Å². The van der Waals surface area contributed by atoms with Crippen LogP contribution in [0.25, 0.3) is 0 Å². The average molecular weight is 241 g/mol. The zero-order valence-electron chi connectivity index (χ0n) is 8.85. The van der Waals surface area contributed by atoms with Gasteiger partial charge in [0.1, 0.15) is 0 Å². The van der Waals surface area contributed by atoms with E-state index in [1.54, 1.807) is 0 Å². The monoisotopic (exact) mass is 240 g/mol. The summed E-state index contributed by atoms with van der Waals surface area (Å²) in [5, 5.41) is 3.28. The van der Waals surface area contributed by atoms with Crippen molar-refractivity contribution < 1.29 is 8.78 Å². The predicted molar refractivity (Wildman–Crippen MR) is 58.9 cm³/mol. The maximum absolute atomic E-state index is 12.9. The largest absolute Gasteiger partial charge is 0.314 e. The summed E-state index contributed by atoms with van der Waals surface area (Å²) in [6, 6.07) is 0.414. The molecule has 1 N–H and O–H groups in total. The van der Waals surface area contributed by atoms with Crippen LogP contribution in [0.4, 0.5) is 8.78 Å². The molecular formula is C10H19ClF2N2. The Labute approximate surface area is 95.8 Å². The van der Waals surface area contributed by atoms with Gasteiger partial charge in [-0.05, 0) is 12.8 Å². The molecule has 2 nitrogen and oxygen atoms in total. The molecule has 0 radical (unpaired) electrons. The summed E-state index contributed by atoms with van der Waals surface area (Å²) in [6.45, 7) is 4.06. The molecule has 0 bridgehead atoms. The zero-order valence-corrected chi connectivity index (χ0v) is 9.66. The second-order valence-electron chi connectivity index (χ2n) is 4.37. The molecule has 0 unspecified atom stereocenters. The highest BCUT2D eigenvalue weighted by atomic mass is 35.5. The standard InChI is InChI=1S/C10H18F2N2.ClH/c11-10(12)3-1-9(2-4-10)14-7-5-13-6-8-14;/h9,13H,1-8H2;1H. The molecule has 0 aromatic carbocycles. The van der Waals surface area contributed by atoms with Gasteiger partial charge in [0.2, 0.25) is 5.92 Å². The smallest absolute Gasteiger partial charge is 0.248 e. The van der Waals surface area contributed by atoms with Gasteiger partial charge in [-0.3, -0.25) is 4.90 Å². The van der Waals surface area contributed by atoms with Gasteiger partial charge in [0.25, 0.3) is 0 Å². The van der Waals surface area contributed by atoms with Gasteiger partial charge in [-0.2, -0.15) is 0 Å². The fraction of sp³-hybridized carbons (Fsp3) is 1.00. The molecule has 1 aliphatic carbocycles. The highest BCUT2D eigenvalue weighted by Gasteiger charge is 2.36. The van der Waals surface area contributed by atoms with E-state index in [0.717, 1.165) is 26.2 Å². The summed E-state index contributed by atoms with van der Waals surface area (Å²) >= 11 is 0. The molecule has 2 aliphatic rings. The van der Waals surface area contributed by atoms with Crippen molar-refractivity contribution in [2.24, 2.45) is 0 Å². The number of halogens is 3. The molecule has 90 valence electrons. The summed E-state index contributed by atoms with van der Waals surface area (Å²) in [5.74, 6) is -2.38. The van der Waals surface area contributed by atoms with Gasteiger partial charge in [0, 0.05) is 45.1 Å². The van der Waals surface area contributed by atoms with E-state index >= 15 is 0 Å². The molecule has 1 saturated heterocycles. The predicted octanol–water partition coefficient (Wildman–Crippen LogP) is 1.89. The normalized spacial score (nSPS) is 28.4. The van der Waals surface area contributed by atoms with Gasteiger partial charge in [-0.1, -0.05) is 0 Å². The van der Waals surface area contributed by atoms with Gasteiger partial charge in [0.05, 0.1) is 0 Å². The lowest BCUT2D eigenvalue weighted by atomic mass is 9.91. The summed E-state index contributed by atoms with van der Waals surface area (Å²) in [6.07, 6.45) is 1.52. The van der Waals surface area contributed by atoms with Crippen molar-refractivity contribution in [3.05, 3.63) is 0 Å². The third-order valence-corrected chi connectivity index (χ3v) is 3.35. The number of rotatable bonds is 1. The minimum absolute atomic E-state index is 0. The van der Waals surface area contributed by atoms with Gasteiger partial charge < -0.3 is 5.32 Å².